The summed E-state index contributed by atoms with van der Waals surface area (Å²) in [4.78, 5) is 0. The van der Waals surface area contributed by atoms with Gasteiger partial charge in [0.05, 0.1) is 12.1 Å². The van der Waals surface area contributed by atoms with Gasteiger partial charge in [0.25, 0.3) is 0 Å². The van der Waals surface area contributed by atoms with Crippen LogP contribution in [0.5, 0.6) is 0 Å². The average Bonchev–Trinajstić information content (AvgIpc) is 2.60. The van der Waals surface area contributed by atoms with Crippen molar-refractivity contribution in [2.24, 2.45) is 0 Å². The zero-order valence-electron chi connectivity index (χ0n) is 12.2. The molecule has 2 N–H and O–H groups in total. The van der Waals surface area contributed by atoms with Crippen LogP contribution in [-0.2, 0) is 0 Å². The largest absolute Gasteiger partial charge is 0.297 e. The van der Waals surface area contributed by atoms with E-state index in [4.69, 9.17) is 0 Å². The molecule has 2 aromatic carbocycles. The quantitative estimate of drug-likeness (QED) is 0.769. The normalized spacial score (nSPS) is 12.8. The van der Waals surface area contributed by atoms with Crippen molar-refractivity contribution in [3.05, 3.63) is 71.8 Å². The highest BCUT2D eigenvalue weighted by atomic mass is 15.0. The number of nitriles is 2. The van der Waals surface area contributed by atoms with Crippen LogP contribution in [-0.4, -0.2) is 13.1 Å². The molecule has 0 amide bonds. The molecule has 0 radical (unpaired) electrons. The van der Waals surface area contributed by atoms with Crippen LogP contribution in [0, 0.1) is 22.7 Å². The van der Waals surface area contributed by atoms with Crippen molar-refractivity contribution < 1.29 is 0 Å². The third-order valence-corrected chi connectivity index (χ3v) is 3.35. The highest BCUT2D eigenvalue weighted by Gasteiger charge is 2.11. The maximum absolute atomic E-state index is 9.23. The van der Waals surface area contributed by atoms with Crippen molar-refractivity contribution in [2.45, 2.75) is 12.1 Å². The summed E-state index contributed by atoms with van der Waals surface area (Å²) in [5.41, 5.74) is 1.90. The Kier molecular flexibility index (Phi) is 6.14. The second-order valence-electron chi connectivity index (χ2n) is 4.85. The van der Waals surface area contributed by atoms with E-state index in [9.17, 15) is 10.5 Å². The lowest BCUT2D eigenvalue weighted by Gasteiger charge is -2.14. The van der Waals surface area contributed by atoms with E-state index in [1.807, 2.05) is 60.7 Å². The Labute approximate surface area is 131 Å². The van der Waals surface area contributed by atoms with Gasteiger partial charge in [0.1, 0.15) is 12.1 Å². The Morgan fingerprint density at radius 1 is 0.682 bits per heavy atom. The first-order chi connectivity index (χ1) is 10.8. The van der Waals surface area contributed by atoms with Crippen LogP contribution in [0.2, 0.25) is 0 Å². The number of rotatable bonds is 7. The Balaban J connectivity index is 1.81. The predicted molar refractivity (Wildman–Crippen MR) is 85.6 cm³/mol. The van der Waals surface area contributed by atoms with Gasteiger partial charge in [-0.2, -0.15) is 10.5 Å². The average molecular weight is 290 g/mol. The van der Waals surface area contributed by atoms with Crippen molar-refractivity contribution in [3.63, 3.8) is 0 Å². The molecule has 0 heterocycles. The van der Waals surface area contributed by atoms with Crippen molar-refractivity contribution in [1.29, 1.82) is 10.5 Å². The summed E-state index contributed by atoms with van der Waals surface area (Å²) >= 11 is 0. The summed E-state index contributed by atoms with van der Waals surface area (Å²) in [7, 11) is 0. The smallest absolute Gasteiger partial charge is 0.121 e. The molecule has 0 bridgehead atoms. The molecule has 0 aromatic heterocycles. The van der Waals surface area contributed by atoms with E-state index in [1.54, 1.807) is 0 Å². The minimum atomic E-state index is -0.333. The molecule has 22 heavy (non-hydrogen) atoms. The predicted octanol–water partition coefficient (Wildman–Crippen LogP) is 2.70. The third kappa shape index (κ3) is 4.43. The van der Waals surface area contributed by atoms with E-state index in [0.717, 1.165) is 11.1 Å². The van der Waals surface area contributed by atoms with E-state index in [2.05, 4.69) is 22.8 Å². The number of hydrogen-bond acceptors (Lipinski definition) is 4. The molecule has 0 aliphatic heterocycles. The highest BCUT2D eigenvalue weighted by Crippen LogP contribution is 2.12. The lowest BCUT2D eigenvalue weighted by atomic mass is 10.1. The highest BCUT2D eigenvalue weighted by molar-refractivity contribution is 5.24. The molecule has 2 aromatic rings. The first-order valence-corrected chi connectivity index (χ1v) is 7.21. The summed E-state index contributed by atoms with van der Waals surface area (Å²) < 4.78 is 0. The lowest BCUT2D eigenvalue weighted by Crippen LogP contribution is -2.31. The number of benzene rings is 2. The molecule has 0 saturated heterocycles. The standard InChI is InChI=1S/C18H18N4/c19-13-17(15-7-3-1-4-8-15)21-11-12-22-18(14-20)16-9-5-2-6-10-16/h1-10,17-18,21-22H,11-12H2/t17-,18-/m1/s1. The fraction of sp³-hybridized carbons (Fsp3) is 0.222. The van der Waals surface area contributed by atoms with E-state index in [1.165, 1.54) is 0 Å². The van der Waals surface area contributed by atoms with Gasteiger partial charge in [0.2, 0.25) is 0 Å². The van der Waals surface area contributed by atoms with E-state index in [0.29, 0.717) is 13.1 Å². The van der Waals surface area contributed by atoms with Gasteiger partial charge in [0, 0.05) is 13.1 Å². The summed E-state index contributed by atoms with van der Waals surface area (Å²) in [6.45, 7) is 1.22. The number of hydrogen-bond donors (Lipinski definition) is 2. The molecule has 2 atom stereocenters. The van der Waals surface area contributed by atoms with Crippen molar-refractivity contribution >= 4 is 0 Å². The molecule has 0 aliphatic rings. The number of nitrogens with zero attached hydrogens (tertiary/aromatic N) is 2. The fourth-order valence-corrected chi connectivity index (χ4v) is 2.20. The molecule has 4 nitrogen and oxygen atoms in total. The monoisotopic (exact) mass is 290 g/mol. The van der Waals surface area contributed by atoms with Crippen LogP contribution in [0.25, 0.3) is 0 Å². The van der Waals surface area contributed by atoms with Crippen LogP contribution >= 0.6 is 0 Å². The maximum atomic E-state index is 9.23. The summed E-state index contributed by atoms with van der Waals surface area (Å²) in [5.74, 6) is 0. The van der Waals surface area contributed by atoms with Gasteiger partial charge in [-0.05, 0) is 11.1 Å². The lowest BCUT2D eigenvalue weighted by molar-refractivity contribution is 0.558. The Bertz CT molecular complexity index is 581. The molecule has 2 rings (SSSR count). The molecule has 0 unspecified atom stereocenters. The number of nitrogens with one attached hydrogen (secondary N) is 2. The van der Waals surface area contributed by atoms with Crippen molar-refractivity contribution in [3.8, 4) is 12.1 Å². The topological polar surface area (TPSA) is 71.6 Å². The Morgan fingerprint density at radius 3 is 1.36 bits per heavy atom. The maximum Gasteiger partial charge on any atom is 0.121 e. The summed E-state index contributed by atoms with van der Waals surface area (Å²) in [5, 5.41) is 24.8. The molecule has 0 spiro atoms. The second-order valence-corrected chi connectivity index (χ2v) is 4.85. The van der Waals surface area contributed by atoms with Crippen LogP contribution in [0.1, 0.15) is 23.2 Å². The van der Waals surface area contributed by atoms with Gasteiger partial charge in [-0.15, -0.1) is 0 Å². The first-order valence-electron chi connectivity index (χ1n) is 7.21. The molecule has 0 fully saturated rings. The van der Waals surface area contributed by atoms with Gasteiger partial charge < -0.3 is 0 Å². The SMILES string of the molecule is N#C[C@@H](NCCN[C@H](C#N)c1ccccc1)c1ccccc1. The molecule has 110 valence electrons. The van der Waals surface area contributed by atoms with Gasteiger partial charge >= 0.3 is 0 Å². The van der Waals surface area contributed by atoms with Crippen LogP contribution in [0.15, 0.2) is 60.7 Å². The summed E-state index contributed by atoms with van der Waals surface area (Å²) in [6, 6.07) is 23.1. The van der Waals surface area contributed by atoms with E-state index in [-0.39, 0.29) is 12.1 Å². The van der Waals surface area contributed by atoms with Crippen LogP contribution in [0.4, 0.5) is 0 Å². The van der Waals surface area contributed by atoms with Gasteiger partial charge in [-0.3, -0.25) is 10.6 Å². The first kappa shape index (κ1) is 15.7. The Morgan fingerprint density at radius 2 is 1.05 bits per heavy atom. The third-order valence-electron chi connectivity index (χ3n) is 3.35. The van der Waals surface area contributed by atoms with E-state index >= 15 is 0 Å². The zero-order chi connectivity index (χ0) is 15.6. The second kappa shape index (κ2) is 8.59. The van der Waals surface area contributed by atoms with Crippen LogP contribution in [0.3, 0.4) is 0 Å². The van der Waals surface area contributed by atoms with Gasteiger partial charge in [-0.25, -0.2) is 0 Å². The Hall–Kier alpha value is -2.66. The minimum Gasteiger partial charge on any atom is -0.297 e. The molecular formula is C18H18N4. The minimum absolute atomic E-state index is 0.333. The van der Waals surface area contributed by atoms with Gasteiger partial charge in [-0.1, -0.05) is 60.7 Å². The van der Waals surface area contributed by atoms with Crippen molar-refractivity contribution in [1.82, 2.24) is 10.6 Å². The molecule has 4 heteroatoms. The fourth-order valence-electron chi connectivity index (χ4n) is 2.20. The molecular weight excluding hydrogens is 272 g/mol. The van der Waals surface area contributed by atoms with Crippen molar-refractivity contribution in [2.75, 3.05) is 13.1 Å². The van der Waals surface area contributed by atoms with E-state index < -0.39 is 0 Å². The summed E-state index contributed by atoms with van der Waals surface area (Å²) in [6.07, 6.45) is 0. The van der Waals surface area contributed by atoms with Gasteiger partial charge in [0.15, 0.2) is 0 Å². The molecule has 0 saturated carbocycles. The zero-order valence-corrected chi connectivity index (χ0v) is 12.2. The van der Waals surface area contributed by atoms with Crippen LogP contribution < -0.4 is 10.6 Å². The molecule has 0 aliphatic carbocycles.